The van der Waals surface area contributed by atoms with Gasteiger partial charge in [0.2, 0.25) is 0 Å². The van der Waals surface area contributed by atoms with Crippen LogP contribution in [0.1, 0.15) is 41.2 Å². The lowest BCUT2D eigenvalue weighted by atomic mass is 9.86. The molecule has 1 atom stereocenters. The van der Waals surface area contributed by atoms with Crippen molar-refractivity contribution in [1.82, 2.24) is 9.55 Å². The van der Waals surface area contributed by atoms with E-state index >= 15 is 0 Å². The number of aryl methyl sites for hydroxylation is 2. The van der Waals surface area contributed by atoms with Gasteiger partial charge in [0, 0.05) is 32.8 Å². The van der Waals surface area contributed by atoms with Gasteiger partial charge in [0.25, 0.3) is 5.56 Å². The number of hydrogen-bond donors (Lipinski definition) is 2. The molecule has 158 valence electrons. The summed E-state index contributed by atoms with van der Waals surface area (Å²) >= 11 is 1.76. The van der Waals surface area contributed by atoms with Crippen LogP contribution in [0.5, 0.6) is 0 Å². The van der Waals surface area contributed by atoms with Gasteiger partial charge in [-0.25, -0.2) is 9.78 Å². The minimum Gasteiger partial charge on any atom is -0.458 e. The zero-order valence-corrected chi connectivity index (χ0v) is 18.1. The Balaban J connectivity index is 1.68. The summed E-state index contributed by atoms with van der Waals surface area (Å²) < 4.78 is 6.85. The summed E-state index contributed by atoms with van der Waals surface area (Å²) in [5.41, 5.74) is 11.3. The summed E-state index contributed by atoms with van der Waals surface area (Å²) in [6.07, 6.45) is 1.01. The SMILES string of the molecule is CC[C@@]1(O)C(=O)OCc2c1cc1n(c2=O)Cc2c-1nc1cc(C)c(N)c3c1c2CCS3. The molecule has 0 radical (unpaired) electrons. The Labute approximate surface area is 182 Å². The van der Waals surface area contributed by atoms with Crippen molar-refractivity contribution in [3.63, 3.8) is 0 Å². The largest absolute Gasteiger partial charge is 0.458 e. The Morgan fingerprint density at radius 2 is 2.10 bits per heavy atom. The first-order valence-corrected chi connectivity index (χ1v) is 11.4. The van der Waals surface area contributed by atoms with Gasteiger partial charge in [-0.05, 0) is 43.0 Å². The molecule has 2 aromatic heterocycles. The van der Waals surface area contributed by atoms with Crippen LogP contribution >= 0.6 is 11.8 Å². The van der Waals surface area contributed by atoms with Crippen LogP contribution in [0.25, 0.3) is 22.3 Å². The van der Waals surface area contributed by atoms with Gasteiger partial charge in [-0.3, -0.25) is 4.79 Å². The number of nitrogens with zero attached hydrogens (tertiary/aromatic N) is 2. The molecule has 3 aliphatic rings. The lowest BCUT2D eigenvalue weighted by molar-refractivity contribution is -0.172. The highest BCUT2D eigenvalue weighted by Crippen LogP contribution is 2.46. The first-order chi connectivity index (χ1) is 14.8. The third-order valence-electron chi connectivity index (χ3n) is 6.89. The number of ether oxygens (including phenoxy) is 1. The van der Waals surface area contributed by atoms with Gasteiger partial charge in [-0.1, -0.05) is 6.92 Å². The van der Waals surface area contributed by atoms with Crippen molar-refractivity contribution in [2.75, 3.05) is 11.5 Å². The lowest BCUT2D eigenvalue weighted by Crippen LogP contribution is -2.44. The topological polar surface area (TPSA) is 107 Å². The molecule has 0 aliphatic carbocycles. The fourth-order valence-electron chi connectivity index (χ4n) is 5.12. The maximum Gasteiger partial charge on any atom is 0.343 e. The average molecular weight is 436 g/mol. The van der Waals surface area contributed by atoms with Gasteiger partial charge in [-0.15, -0.1) is 11.8 Å². The molecule has 3 aliphatic heterocycles. The second kappa shape index (κ2) is 6.11. The van der Waals surface area contributed by atoms with E-state index < -0.39 is 11.6 Å². The molecule has 7 nitrogen and oxygen atoms in total. The Kier molecular flexibility index (Phi) is 3.72. The van der Waals surface area contributed by atoms with Crippen molar-refractivity contribution in [3.05, 3.63) is 50.3 Å². The first kappa shape index (κ1) is 18.9. The second-order valence-electron chi connectivity index (χ2n) is 8.45. The fourth-order valence-corrected chi connectivity index (χ4v) is 6.32. The highest BCUT2D eigenvalue weighted by Gasteiger charge is 2.45. The van der Waals surface area contributed by atoms with Gasteiger partial charge < -0.3 is 20.1 Å². The minimum atomic E-state index is -1.81. The predicted molar refractivity (Wildman–Crippen MR) is 118 cm³/mol. The number of esters is 1. The summed E-state index contributed by atoms with van der Waals surface area (Å²) in [4.78, 5) is 31.8. The highest BCUT2D eigenvalue weighted by atomic mass is 32.2. The van der Waals surface area contributed by atoms with Crippen LogP contribution in [0.4, 0.5) is 5.69 Å². The number of aliphatic hydroxyl groups is 1. The van der Waals surface area contributed by atoms with Crippen molar-refractivity contribution in [1.29, 1.82) is 0 Å². The van der Waals surface area contributed by atoms with Gasteiger partial charge in [0.15, 0.2) is 5.60 Å². The monoisotopic (exact) mass is 435 g/mol. The molecule has 6 rings (SSSR count). The minimum absolute atomic E-state index is 0.120. The average Bonchev–Trinajstić information content (AvgIpc) is 3.14. The molecule has 3 aromatic rings. The standard InChI is InChI=1S/C23H21N3O4S/c1-3-23(29)14-7-16-19-12(8-26(16)21(27)13(14)9-30-22(23)28)11-4-5-31-20-17(11)15(25-19)6-10(2)18(20)24/h6-7,29H,3-5,8-9,24H2,1-2H3/t23-/m0/s1. The fraction of sp³-hybridized carbons (Fsp3) is 0.348. The number of thioether (sulfide) groups is 1. The summed E-state index contributed by atoms with van der Waals surface area (Å²) in [6, 6.07) is 3.77. The molecule has 0 bridgehead atoms. The van der Waals surface area contributed by atoms with Crippen LogP contribution in [0.3, 0.4) is 0 Å². The van der Waals surface area contributed by atoms with E-state index in [0.717, 1.165) is 50.5 Å². The number of anilines is 1. The maximum atomic E-state index is 13.4. The quantitative estimate of drug-likeness (QED) is 0.350. The number of rotatable bonds is 1. The Bertz CT molecular complexity index is 1410. The van der Waals surface area contributed by atoms with Gasteiger partial charge >= 0.3 is 5.97 Å². The van der Waals surface area contributed by atoms with Crippen molar-refractivity contribution >= 4 is 34.3 Å². The van der Waals surface area contributed by atoms with Crippen LogP contribution in [0, 0.1) is 6.92 Å². The van der Waals surface area contributed by atoms with Gasteiger partial charge in [-0.2, -0.15) is 0 Å². The number of carbonyl (C=O) groups excluding carboxylic acids is 1. The molecule has 3 N–H and O–H groups in total. The van der Waals surface area contributed by atoms with E-state index in [1.807, 2.05) is 13.0 Å². The highest BCUT2D eigenvalue weighted by molar-refractivity contribution is 7.99. The van der Waals surface area contributed by atoms with Crippen molar-refractivity contribution in [2.24, 2.45) is 0 Å². The van der Waals surface area contributed by atoms with E-state index in [1.54, 1.807) is 29.3 Å². The number of carbonyl (C=O) groups is 1. The predicted octanol–water partition coefficient (Wildman–Crippen LogP) is 2.62. The van der Waals surface area contributed by atoms with Gasteiger partial charge in [0.05, 0.1) is 29.0 Å². The number of nitrogens with two attached hydrogens (primary N) is 1. The molecule has 0 amide bonds. The number of pyridine rings is 2. The number of fused-ring (bicyclic) bond motifs is 5. The zero-order valence-electron chi connectivity index (χ0n) is 17.2. The molecule has 5 heterocycles. The number of aromatic nitrogens is 2. The van der Waals surface area contributed by atoms with Crippen LogP contribution < -0.4 is 11.3 Å². The first-order valence-electron chi connectivity index (χ1n) is 10.4. The third kappa shape index (κ3) is 2.26. The van der Waals surface area contributed by atoms with Crippen LogP contribution in [0.2, 0.25) is 0 Å². The third-order valence-corrected chi connectivity index (χ3v) is 8.01. The number of nitrogen functional groups attached to an aromatic ring is 1. The molecule has 0 saturated carbocycles. The molecule has 31 heavy (non-hydrogen) atoms. The van der Waals surface area contributed by atoms with E-state index in [-0.39, 0.29) is 18.6 Å². The summed E-state index contributed by atoms with van der Waals surface area (Å²) in [5.74, 6) is 0.214. The second-order valence-corrected chi connectivity index (χ2v) is 9.55. The Morgan fingerprint density at radius 3 is 2.87 bits per heavy atom. The summed E-state index contributed by atoms with van der Waals surface area (Å²) in [5, 5.41) is 12.1. The molecule has 0 spiro atoms. The molecule has 0 fully saturated rings. The van der Waals surface area contributed by atoms with Crippen LogP contribution in [-0.4, -0.2) is 26.4 Å². The van der Waals surface area contributed by atoms with Crippen molar-refractivity contribution < 1.29 is 14.6 Å². The van der Waals surface area contributed by atoms with E-state index in [2.05, 4.69) is 0 Å². The maximum absolute atomic E-state index is 13.4. The summed E-state index contributed by atoms with van der Waals surface area (Å²) in [7, 11) is 0. The smallest absolute Gasteiger partial charge is 0.343 e. The summed E-state index contributed by atoms with van der Waals surface area (Å²) in [6.45, 7) is 3.99. The molecular formula is C23H21N3O4S. The van der Waals surface area contributed by atoms with Crippen LogP contribution in [-0.2, 0) is 34.7 Å². The van der Waals surface area contributed by atoms with Gasteiger partial charge in [0.1, 0.15) is 6.61 Å². The molecular weight excluding hydrogens is 414 g/mol. The van der Waals surface area contributed by atoms with Crippen LogP contribution in [0.15, 0.2) is 21.8 Å². The zero-order chi connectivity index (χ0) is 21.7. The van der Waals surface area contributed by atoms with Crippen molar-refractivity contribution in [2.45, 2.75) is 50.3 Å². The van der Waals surface area contributed by atoms with Crippen molar-refractivity contribution in [3.8, 4) is 11.4 Å². The number of cyclic esters (lactones) is 1. The molecule has 8 heteroatoms. The molecule has 0 saturated heterocycles. The van der Waals surface area contributed by atoms with E-state index in [4.69, 9.17) is 15.5 Å². The Hall–Kier alpha value is -2.84. The number of hydrogen-bond acceptors (Lipinski definition) is 7. The lowest BCUT2D eigenvalue weighted by Gasteiger charge is -2.31. The van der Waals surface area contributed by atoms with E-state index in [0.29, 0.717) is 23.4 Å². The molecule has 1 aromatic carbocycles. The number of benzene rings is 1. The normalized spacial score (nSPS) is 20.9. The van der Waals surface area contributed by atoms with E-state index in [9.17, 15) is 14.7 Å². The van der Waals surface area contributed by atoms with E-state index in [1.165, 1.54) is 5.56 Å². The Morgan fingerprint density at radius 1 is 1.29 bits per heavy atom. The molecule has 0 unspecified atom stereocenters.